The lowest BCUT2D eigenvalue weighted by molar-refractivity contribution is -0.121. The molecule has 4 rings (SSSR count). The van der Waals surface area contributed by atoms with Crippen LogP contribution in [-0.2, 0) is 11.2 Å². The lowest BCUT2D eigenvalue weighted by Gasteiger charge is -2.24. The van der Waals surface area contributed by atoms with Crippen molar-refractivity contribution >= 4 is 11.6 Å². The topological polar surface area (TPSA) is 56.2 Å². The summed E-state index contributed by atoms with van der Waals surface area (Å²) in [5.41, 5.74) is 3.81. The molecule has 2 aromatic carbocycles. The van der Waals surface area contributed by atoms with Gasteiger partial charge in [0.2, 0.25) is 5.91 Å². The third-order valence-corrected chi connectivity index (χ3v) is 4.50. The van der Waals surface area contributed by atoms with Gasteiger partial charge in [0.05, 0.1) is 11.6 Å². The van der Waals surface area contributed by atoms with E-state index in [1.54, 1.807) is 10.9 Å². The number of carbonyl (C=O) groups excluding carboxylic acids is 1. The first kappa shape index (κ1) is 15.4. The molecule has 1 N–H and O–H groups in total. The molecule has 1 aliphatic heterocycles. The van der Waals surface area contributed by atoms with Crippen molar-refractivity contribution in [1.82, 2.24) is 9.78 Å². The standard InChI is InChI=1S/C20H19N3O2/c1-14-7-8-17(23-10-4-9-21-23)12-18(14)22-20(24)16-11-15-5-2-3-6-19(15)25-13-16/h2-10,12,16H,11,13H2,1H3,(H,22,24). The molecule has 0 spiro atoms. The Labute approximate surface area is 146 Å². The summed E-state index contributed by atoms with van der Waals surface area (Å²) in [6, 6.07) is 15.7. The Balaban J connectivity index is 1.52. The number of fused-ring (bicyclic) bond motifs is 1. The fourth-order valence-electron chi connectivity index (χ4n) is 3.04. The van der Waals surface area contributed by atoms with Gasteiger partial charge in [0, 0.05) is 18.1 Å². The molecule has 5 heteroatoms. The first-order valence-corrected chi connectivity index (χ1v) is 8.33. The largest absolute Gasteiger partial charge is 0.492 e. The Morgan fingerprint density at radius 1 is 1.24 bits per heavy atom. The van der Waals surface area contributed by atoms with E-state index in [1.165, 1.54) is 0 Å². The zero-order valence-corrected chi connectivity index (χ0v) is 14.0. The maximum atomic E-state index is 12.7. The molecule has 0 bridgehead atoms. The first-order valence-electron chi connectivity index (χ1n) is 8.33. The second-order valence-electron chi connectivity index (χ2n) is 6.26. The zero-order chi connectivity index (χ0) is 17.2. The minimum atomic E-state index is -0.192. The molecule has 0 saturated heterocycles. The van der Waals surface area contributed by atoms with Crippen LogP contribution in [-0.4, -0.2) is 22.3 Å². The average molecular weight is 333 g/mol. The fourth-order valence-corrected chi connectivity index (χ4v) is 3.04. The molecule has 126 valence electrons. The smallest absolute Gasteiger partial charge is 0.231 e. The second-order valence-corrected chi connectivity index (χ2v) is 6.26. The minimum Gasteiger partial charge on any atom is -0.492 e. The van der Waals surface area contributed by atoms with E-state index in [1.807, 2.05) is 61.7 Å². The molecule has 1 unspecified atom stereocenters. The van der Waals surface area contributed by atoms with E-state index >= 15 is 0 Å². The van der Waals surface area contributed by atoms with Gasteiger partial charge in [-0.1, -0.05) is 24.3 Å². The number of hydrogen-bond donors (Lipinski definition) is 1. The van der Waals surface area contributed by atoms with Gasteiger partial charge < -0.3 is 10.1 Å². The van der Waals surface area contributed by atoms with Crippen molar-refractivity contribution < 1.29 is 9.53 Å². The van der Waals surface area contributed by atoms with E-state index in [9.17, 15) is 4.79 Å². The van der Waals surface area contributed by atoms with Gasteiger partial charge in [-0.3, -0.25) is 4.79 Å². The van der Waals surface area contributed by atoms with Crippen LogP contribution in [0.3, 0.4) is 0 Å². The Hall–Kier alpha value is -3.08. The van der Waals surface area contributed by atoms with Crippen LogP contribution >= 0.6 is 0 Å². The van der Waals surface area contributed by atoms with Gasteiger partial charge in [-0.2, -0.15) is 5.10 Å². The van der Waals surface area contributed by atoms with Crippen LogP contribution in [0.1, 0.15) is 11.1 Å². The summed E-state index contributed by atoms with van der Waals surface area (Å²) in [6.45, 7) is 2.38. The van der Waals surface area contributed by atoms with Crippen molar-refractivity contribution in [2.45, 2.75) is 13.3 Å². The van der Waals surface area contributed by atoms with Crippen molar-refractivity contribution in [3.8, 4) is 11.4 Å². The van der Waals surface area contributed by atoms with Gasteiger partial charge in [0.1, 0.15) is 12.4 Å². The molecule has 1 aliphatic rings. The number of benzene rings is 2. The number of nitrogens with zero attached hydrogens (tertiary/aromatic N) is 2. The number of amides is 1. The number of aryl methyl sites for hydroxylation is 1. The van der Waals surface area contributed by atoms with Crippen molar-refractivity contribution in [2.24, 2.45) is 5.92 Å². The van der Waals surface area contributed by atoms with Crippen LogP contribution in [0.5, 0.6) is 5.75 Å². The minimum absolute atomic E-state index is 0.0183. The molecule has 25 heavy (non-hydrogen) atoms. The van der Waals surface area contributed by atoms with E-state index in [0.29, 0.717) is 13.0 Å². The quantitative estimate of drug-likeness (QED) is 0.799. The lowest BCUT2D eigenvalue weighted by Crippen LogP contribution is -2.32. The molecular weight excluding hydrogens is 314 g/mol. The third kappa shape index (κ3) is 3.13. The molecule has 3 aromatic rings. The number of aromatic nitrogens is 2. The van der Waals surface area contributed by atoms with Gasteiger partial charge in [-0.05, 0) is 48.7 Å². The summed E-state index contributed by atoms with van der Waals surface area (Å²) in [4.78, 5) is 12.7. The number of anilines is 1. The van der Waals surface area contributed by atoms with Crippen molar-refractivity contribution in [3.05, 3.63) is 72.1 Å². The maximum absolute atomic E-state index is 12.7. The van der Waals surface area contributed by atoms with E-state index in [-0.39, 0.29) is 11.8 Å². The molecule has 1 aromatic heterocycles. The number of ether oxygens (including phenoxy) is 1. The molecule has 2 heterocycles. The van der Waals surface area contributed by atoms with Gasteiger partial charge in [0.25, 0.3) is 0 Å². The number of hydrogen-bond acceptors (Lipinski definition) is 3. The highest BCUT2D eigenvalue weighted by atomic mass is 16.5. The van der Waals surface area contributed by atoms with Crippen LogP contribution in [0.15, 0.2) is 60.9 Å². The highest BCUT2D eigenvalue weighted by Crippen LogP contribution is 2.28. The summed E-state index contributed by atoms with van der Waals surface area (Å²) in [5, 5.41) is 7.29. The molecule has 5 nitrogen and oxygen atoms in total. The Morgan fingerprint density at radius 3 is 2.96 bits per heavy atom. The third-order valence-electron chi connectivity index (χ3n) is 4.50. The van der Waals surface area contributed by atoms with Crippen LogP contribution < -0.4 is 10.1 Å². The average Bonchev–Trinajstić information content (AvgIpc) is 3.18. The van der Waals surface area contributed by atoms with Gasteiger partial charge in [-0.15, -0.1) is 0 Å². The Kier molecular flexibility index (Phi) is 3.98. The SMILES string of the molecule is Cc1ccc(-n2cccn2)cc1NC(=O)C1COc2ccccc2C1. The summed E-state index contributed by atoms with van der Waals surface area (Å²) >= 11 is 0. The fraction of sp³-hybridized carbons (Fsp3) is 0.200. The molecule has 0 radical (unpaired) electrons. The summed E-state index contributed by atoms with van der Waals surface area (Å²) < 4.78 is 7.51. The normalized spacial score (nSPS) is 16.0. The number of nitrogens with one attached hydrogen (secondary N) is 1. The van der Waals surface area contributed by atoms with Crippen LogP contribution in [0.2, 0.25) is 0 Å². The number of carbonyl (C=O) groups is 1. The number of rotatable bonds is 3. The molecule has 0 saturated carbocycles. The van der Waals surface area contributed by atoms with Crippen molar-refractivity contribution in [3.63, 3.8) is 0 Å². The summed E-state index contributed by atoms with van der Waals surface area (Å²) in [5.74, 6) is 0.668. The van der Waals surface area contributed by atoms with Gasteiger partial charge in [0.15, 0.2) is 0 Å². The monoisotopic (exact) mass is 333 g/mol. The van der Waals surface area contributed by atoms with Crippen LogP contribution in [0, 0.1) is 12.8 Å². The molecule has 0 fully saturated rings. The summed E-state index contributed by atoms with van der Waals surface area (Å²) in [7, 11) is 0. The zero-order valence-electron chi connectivity index (χ0n) is 14.0. The van der Waals surface area contributed by atoms with E-state index in [0.717, 1.165) is 28.3 Å². The maximum Gasteiger partial charge on any atom is 0.231 e. The highest BCUT2D eigenvalue weighted by Gasteiger charge is 2.26. The predicted molar refractivity (Wildman–Crippen MR) is 96.1 cm³/mol. The van der Waals surface area contributed by atoms with Gasteiger partial charge in [-0.25, -0.2) is 4.68 Å². The van der Waals surface area contributed by atoms with Crippen molar-refractivity contribution in [1.29, 1.82) is 0 Å². The molecule has 1 atom stereocenters. The van der Waals surface area contributed by atoms with E-state index in [4.69, 9.17) is 4.74 Å². The molecular formula is C20H19N3O2. The summed E-state index contributed by atoms with van der Waals surface area (Å²) in [6.07, 6.45) is 4.30. The number of para-hydroxylation sites is 1. The van der Waals surface area contributed by atoms with E-state index in [2.05, 4.69) is 10.4 Å². The highest BCUT2D eigenvalue weighted by molar-refractivity contribution is 5.94. The van der Waals surface area contributed by atoms with E-state index < -0.39 is 0 Å². The predicted octanol–water partition coefficient (Wildman–Crippen LogP) is 3.37. The van der Waals surface area contributed by atoms with Crippen molar-refractivity contribution in [2.75, 3.05) is 11.9 Å². The molecule has 1 amide bonds. The lowest BCUT2D eigenvalue weighted by atomic mass is 9.96. The Bertz CT molecular complexity index is 903. The second kappa shape index (κ2) is 6.43. The van der Waals surface area contributed by atoms with Gasteiger partial charge >= 0.3 is 0 Å². The first-order chi connectivity index (χ1) is 12.2. The van der Waals surface area contributed by atoms with Crippen LogP contribution in [0.4, 0.5) is 5.69 Å². The molecule has 0 aliphatic carbocycles. The van der Waals surface area contributed by atoms with Crippen LogP contribution in [0.25, 0.3) is 5.69 Å². The Morgan fingerprint density at radius 2 is 2.12 bits per heavy atom.